The number of ether oxygens (including phenoxy) is 1. The molecular formula is C15H16O4. The Morgan fingerprint density at radius 2 is 2.11 bits per heavy atom. The van der Waals surface area contributed by atoms with E-state index in [1.165, 1.54) is 6.07 Å². The maximum absolute atomic E-state index is 11.4. The summed E-state index contributed by atoms with van der Waals surface area (Å²) < 4.78 is 10.1. The molecule has 0 saturated heterocycles. The first-order valence-electron chi connectivity index (χ1n) is 6.38. The summed E-state index contributed by atoms with van der Waals surface area (Å²) in [6, 6.07) is 8.94. The minimum atomic E-state index is -0.348. The normalized spacial score (nSPS) is 10.6. The van der Waals surface area contributed by atoms with Gasteiger partial charge in [0.15, 0.2) is 0 Å². The molecule has 0 saturated carbocycles. The van der Waals surface area contributed by atoms with Crippen LogP contribution in [-0.2, 0) is 16.0 Å². The summed E-state index contributed by atoms with van der Waals surface area (Å²) in [6.07, 6.45) is 1.76. The summed E-state index contributed by atoms with van der Waals surface area (Å²) >= 11 is 0. The molecule has 0 radical (unpaired) electrons. The quantitative estimate of drug-likeness (QED) is 0.471. The fraction of sp³-hybridized carbons (Fsp3) is 0.333. The minimum Gasteiger partial charge on any atom is -0.466 e. The van der Waals surface area contributed by atoms with Crippen LogP contribution in [0.4, 0.5) is 0 Å². The molecule has 4 heteroatoms. The van der Waals surface area contributed by atoms with Crippen LogP contribution in [-0.4, -0.2) is 12.6 Å². The van der Waals surface area contributed by atoms with Gasteiger partial charge in [0.1, 0.15) is 5.58 Å². The number of hydrogen-bond donors (Lipinski definition) is 0. The molecule has 4 nitrogen and oxygen atoms in total. The number of carbonyl (C=O) groups excluding carboxylic acids is 1. The highest BCUT2D eigenvalue weighted by Crippen LogP contribution is 2.17. The molecule has 1 aromatic carbocycles. The first kappa shape index (κ1) is 13.3. The van der Waals surface area contributed by atoms with Gasteiger partial charge in [-0.15, -0.1) is 0 Å². The average Bonchev–Trinajstić information content (AvgIpc) is 2.42. The van der Waals surface area contributed by atoms with Gasteiger partial charge in [0, 0.05) is 17.9 Å². The number of para-hydroxylation sites is 1. The number of aryl methyl sites for hydroxylation is 1. The smallest absolute Gasteiger partial charge is 0.336 e. The molecule has 0 amide bonds. The molecule has 0 bridgehead atoms. The lowest BCUT2D eigenvalue weighted by molar-refractivity contribution is -0.143. The van der Waals surface area contributed by atoms with Crippen molar-refractivity contribution in [3.63, 3.8) is 0 Å². The zero-order valence-electron chi connectivity index (χ0n) is 10.8. The highest BCUT2D eigenvalue weighted by Gasteiger charge is 2.05. The maximum Gasteiger partial charge on any atom is 0.336 e. The second-order valence-corrected chi connectivity index (χ2v) is 4.26. The Hall–Kier alpha value is -2.10. The van der Waals surface area contributed by atoms with E-state index in [1.807, 2.05) is 18.2 Å². The molecule has 100 valence electrons. The molecular weight excluding hydrogens is 244 g/mol. The Morgan fingerprint density at radius 1 is 1.32 bits per heavy atom. The van der Waals surface area contributed by atoms with E-state index in [-0.39, 0.29) is 11.6 Å². The first-order chi connectivity index (χ1) is 9.20. The molecule has 0 aliphatic carbocycles. The zero-order chi connectivity index (χ0) is 13.7. The van der Waals surface area contributed by atoms with Crippen LogP contribution in [0.5, 0.6) is 0 Å². The number of esters is 1. The van der Waals surface area contributed by atoms with Gasteiger partial charge < -0.3 is 9.15 Å². The summed E-state index contributed by atoms with van der Waals surface area (Å²) in [6.45, 7) is 2.14. The molecule has 2 rings (SSSR count). The third-order valence-corrected chi connectivity index (χ3v) is 2.88. The van der Waals surface area contributed by atoms with Crippen molar-refractivity contribution in [2.24, 2.45) is 0 Å². The molecule has 0 unspecified atom stereocenters. The van der Waals surface area contributed by atoms with Crippen LogP contribution >= 0.6 is 0 Å². The Morgan fingerprint density at radius 3 is 2.89 bits per heavy atom. The van der Waals surface area contributed by atoms with Crippen molar-refractivity contribution in [3.8, 4) is 0 Å². The third-order valence-electron chi connectivity index (χ3n) is 2.88. The van der Waals surface area contributed by atoms with E-state index in [4.69, 9.17) is 9.15 Å². The molecule has 0 spiro atoms. The van der Waals surface area contributed by atoms with Crippen LogP contribution in [0.2, 0.25) is 0 Å². The van der Waals surface area contributed by atoms with Gasteiger partial charge in [0.2, 0.25) is 0 Å². The predicted molar refractivity (Wildman–Crippen MR) is 72.1 cm³/mol. The molecule has 0 aliphatic heterocycles. The van der Waals surface area contributed by atoms with Gasteiger partial charge in [-0.05, 0) is 24.5 Å². The van der Waals surface area contributed by atoms with Crippen molar-refractivity contribution >= 4 is 16.9 Å². The van der Waals surface area contributed by atoms with Crippen molar-refractivity contribution in [2.45, 2.75) is 26.2 Å². The summed E-state index contributed by atoms with van der Waals surface area (Å²) in [5.74, 6) is -0.197. The van der Waals surface area contributed by atoms with E-state index in [9.17, 15) is 9.59 Å². The van der Waals surface area contributed by atoms with E-state index < -0.39 is 0 Å². The molecule has 2 aromatic rings. The highest BCUT2D eigenvalue weighted by atomic mass is 16.5. The molecule has 0 aliphatic rings. The molecule has 19 heavy (non-hydrogen) atoms. The van der Waals surface area contributed by atoms with Gasteiger partial charge in [-0.3, -0.25) is 4.79 Å². The summed E-state index contributed by atoms with van der Waals surface area (Å²) in [5.41, 5.74) is 1.18. The number of benzene rings is 1. The lowest BCUT2D eigenvalue weighted by Crippen LogP contribution is -2.06. The van der Waals surface area contributed by atoms with E-state index in [2.05, 4.69) is 0 Å². The summed E-state index contributed by atoms with van der Waals surface area (Å²) in [7, 11) is 0. The topological polar surface area (TPSA) is 56.5 Å². The largest absolute Gasteiger partial charge is 0.466 e. The first-order valence-corrected chi connectivity index (χ1v) is 6.38. The van der Waals surface area contributed by atoms with E-state index in [1.54, 1.807) is 13.0 Å². The highest BCUT2D eigenvalue weighted by molar-refractivity contribution is 5.79. The van der Waals surface area contributed by atoms with E-state index in [0.717, 1.165) is 10.9 Å². The Balaban J connectivity index is 2.08. The van der Waals surface area contributed by atoms with Gasteiger partial charge in [-0.1, -0.05) is 25.1 Å². The van der Waals surface area contributed by atoms with Gasteiger partial charge in [-0.25, -0.2) is 4.79 Å². The van der Waals surface area contributed by atoms with E-state index in [0.29, 0.717) is 31.5 Å². The van der Waals surface area contributed by atoms with Crippen LogP contribution < -0.4 is 5.63 Å². The monoisotopic (exact) mass is 260 g/mol. The Bertz CT molecular complexity index is 627. The van der Waals surface area contributed by atoms with Crippen LogP contribution in [0.15, 0.2) is 39.5 Å². The average molecular weight is 260 g/mol. The minimum absolute atomic E-state index is 0.197. The lowest BCUT2D eigenvalue weighted by Gasteiger charge is -2.06. The van der Waals surface area contributed by atoms with Crippen LogP contribution in [0, 0.1) is 0 Å². The Labute approximate surface area is 111 Å². The predicted octanol–water partition coefficient (Wildman–Crippen LogP) is 2.68. The van der Waals surface area contributed by atoms with Crippen LogP contribution in [0.25, 0.3) is 11.0 Å². The number of carbonyl (C=O) groups is 1. The lowest BCUT2D eigenvalue weighted by atomic mass is 10.1. The van der Waals surface area contributed by atoms with E-state index >= 15 is 0 Å². The molecule has 0 fully saturated rings. The number of rotatable bonds is 5. The summed E-state index contributed by atoms with van der Waals surface area (Å²) in [5, 5.41) is 0.934. The van der Waals surface area contributed by atoms with Crippen molar-refractivity contribution in [1.82, 2.24) is 0 Å². The van der Waals surface area contributed by atoms with Crippen LogP contribution in [0.1, 0.15) is 25.3 Å². The third kappa shape index (κ3) is 3.44. The van der Waals surface area contributed by atoms with Gasteiger partial charge >= 0.3 is 11.6 Å². The van der Waals surface area contributed by atoms with Crippen molar-refractivity contribution in [3.05, 3.63) is 46.3 Å². The van der Waals surface area contributed by atoms with Crippen molar-refractivity contribution in [1.29, 1.82) is 0 Å². The van der Waals surface area contributed by atoms with Crippen LogP contribution in [0.3, 0.4) is 0 Å². The second kappa shape index (κ2) is 6.18. The molecule has 0 N–H and O–H groups in total. The van der Waals surface area contributed by atoms with Crippen molar-refractivity contribution in [2.75, 3.05) is 6.61 Å². The fourth-order valence-corrected chi connectivity index (χ4v) is 1.94. The van der Waals surface area contributed by atoms with Gasteiger partial charge in [0.05, 0.1) is 6.61 Å². The fourth-order valence-electron chi connectivity index (χ4n) is 1.94. The summed E-state index contributed by atoms with van der Waals surface area (Å²) in [4.78, 5) is 22.4. The molecule has 0 atom stereocenters. The number of fused-ring (bicyclic) bond motifs is 1. The molecule has 1 heterocycles. The molecule has 1 aromatic heterocycles. The Kier molecular flexibility index (Phi) is 4.34. The standard InChI is InChI=1S/C15H16O4/c1-2-14(16)18-9-5-6-11-10-15(17)19-13-8-4-3-7-12(11)13/h3-4,7-8,10H,2,5-6,9H2,1H3. The second-order valence-electron chi connectivity index (χ2n) is 4.26. The SMILES string of the molecule is CCC(=O)OCCCc1cc(=O)oc2ccccc12. The van der Waals surface area contributed by atoms with Gasteiger partial charge in [0.25, 0.3) is 0 Å². The van der Waals surface area contributed by atoms with Gasteiger partial charge in [-0.2, -0.15) is 0 Å². The number of hydrogen-bond acceptors (Lipinski definition) is 4. The van der Waals surface area contributed by atoms with Crippen molar-refractivity contribution < 1.29 is 13.9 Å². The maximum atomic E-state index is 11.4. The zero-order valence-corrected chi connectivity index (χ0v) is 10.8.